The number of fused-ring (bicyclic) bond motifs is 3. The first-order chi connectivity index (χ1) is 8.61. The van der Waals surface area contributed by atoms with Crippen molar-refractivity contribution < 1.29 is 9.59 Å². The van der Waals surface area contributed by atoms with Gasteiger partial charge < -0.3 is 0 Å². The second kappa shape index (κ2) is 3.70. The van der Waals surface area contributed by atoms with E-state index in [0.717, 1.165) is 16.9 Å². The summed E-state index contributed by atoms with van der Waals surface area (Å²) < 4.78 is 0. The molecule has 0 saturated carbocycles. The topological polar surface area (TPSA) is 40.6 Å². The summed E-state index contributed by atoms with van der Waals surface area (Å²) in [6.45, 7) is 4.06. The SMILES string of the molecule is CC(=O)C1=C(C)N2C(=O)CCN2c2ccccc21. The molecule has 2 aliphatic heterocycles. The van der Waals surface area contributed by atoms with Gasteiger partial charge in [-0.2, -0.15) is 0 Å². The summed E-state index contributed by atoms with van der Waals surface area (Å²) in [4.78, 5) is 23.8. The summed E-state index contributed by atoms with van der Waals surface area (Å²) in [6.07, 6.45) is 0.497. The molecule has 92 valence electrons. The van der Waals surface area contributed by atoms with Crippen molar-refractivity contribution in [3.05, 3.63) is 35.5 Å². The second-order valence-electron chi connectivity index (χ2n) is 4.61. The molecule has 1 saturated heterocycles. The zero-order chi connectivity index (χ0) is 12.9. The molecule has 2 heterocycles. The van der Waals surface area contributed by atoms with E-state index in [0.29, 0.717) is 18.5 Å². The monoisotopic (exact) mass is 242 g/mol. The third-order valence-electron chi connectivity index (χ3n) is 3.50. The van der Waals surface area contributed by atoms with Gasteiger partial charge in [-0.05, 0) is 19.9 Å². The second-order valence-corrected chi connectivity index (χ2v) is 4.61. The molecule has 1 fully saturated rings. The number of amides is 1. The Hall–Kier alpha value is -2.10. The number of ketones is 1. The molecule has 0 aromatic heterocycles. The van der Waals surface area contributed by atoms with Crippen molar-refractivity contribution in [1.29, 1.82) is 0 Å². The Bertz CT molecular complexity index is 589. The van der Waals surface area contributed by atoms with E-state index in [2.05, 4.69) is 0 Å². The van der Waals surface area contributed by atoms with E-state index in [9.17, 15) is 9.59 Å². The molecule has 1 amide bonds. The largest absolute Gasteiger partial charge is 0.294 e. The molecule has 0 unspecified atom stereocenters. The van der Waals surface area contributed by atoms with E-state index >= 15 is 0 Å². The van der Waals surface area contributed by atoms with Crippen molar-refractivity contribution in [2.24, 2.45) is 0 Å². The highest BCUT2D eigenvalue weighted by molar-refractivity contribution is 6.23. The van der Waals surface area contributed by atoms with Gasteiger partial charge in [-0.15, -0.1) is 0 Å². The van der Waals surface area contributed by atoms with Crippen molar-refractivity contribution in [1.82, 2.24) is 5.01 Å². The molecular formula is C14H14N2O2. The molecule has 18 heavy (non-hydrogen) atoms. The number of hydrogen-bond donors (Lipinski definition) is 0. The van der Waals surface area contributed by atoms with Gasteiger partial charge in [0, 0.05) is 24.1 Å². The van der Waals surface area contributed by atoms with Gasteiger partial charge in [-0.1, -0.05) is 18.2 Å². The predicted molar refractivity (Wildman–Crippen MR) is 68.5 cm³/mol. The summed E-state index contributed by atoms with van der Waals surface area (Å²) in [5.74, 6) is 0.0556. The first-order valence-corrected chi connectivity index (χ1v) is 6.03. The molecule has 1 aromatic carbocycles. The Morgan fingerprint density at radius 1 is 1.28 bits per heavy atom. The maximum absolute atomic E-state index is 11.9. The van der Waals surface area contributed by atoms with Gasteiger partial charge in [0.05, 0.1) is 11.4 Å². The zero-order valence-electron chi connectivity index (χ0n) is 10.4. The minimum Gasteiger partial charge on any atom is -0.294 e. The Kier molecular flexibility index (Phi) is 2.26. The molecular weight excluding hydrogens is 228 g/mol. The van der Waals surface area contributed by atoms with Gasteiger partial charge >= 0.3 is 0 Å². The number of Topliss-reactive ketones (excluding diaryl/α,β-unsaturated/α-hetero) is 1. The van der Waals surface area contributed by atoms with Crippen LogP contribution in [0.15, 0.2) is 30.0 Å². The first kappa shape index (κ1) is 11.0. The Morgan fingerprint density at radius 2 is 2.00 bits per heavy atom. The average Bonchev–Trinajstić information content (AvgIpc) is 2.72. The van der Waals surface area contributed by atoms with Gasteiger partial charge in [0.25, 0.3) is 0 Å². The van der Waals surface area contributed by atoms with Crippen molar-refractivity contribution in [2.75, 3.05) is 11.6 Å². The highest BCUT2D eigenvalue weighted by atomic mass is 16.2. The number of rotatable bonds is 1. The maximum Gasteiger partial charge on any atom is 0.247 e. The molecule has 4 heteroatoms. The van der Waals surface area contributed by atoms with Crippen LogP contribution in [-0.2, 0) is 9.59 Å². The molecule has 0 bridgehead atoms. The molecule has 0 N–H and O–H groups in total. The smallest absolute Gasteiger partial charge is 0.247 e. The number of anilines is 1. The lowest BCUT2D eigenvalue weighted by molar-refractivity contribution is -0.126. The molecule has 0 radical (unpaired) electrons. The van der Waals surface area contributed by atoms with Crippen molar-refractivity contribution in [3.63, 3.8) is 0 Å². The Balaban J connectivity index is 2.29. The molecule has 1 aromatic rings. The van der Waals surface area contributed by atoms with Gasteiger partial charge in [0.1, 0.15) is 0 Å². The van der Waals surface area contributed by atoms with Crippen LogP contribution in [0.4, 0.5) is 5.69 Å². The van der Waals surface area contributed by atoms with E-state index in [1.54, 1.807) is 11.9 Å². The maximum atomic E-state index is 11.9. The Labute approximate surface area is 105 Å². The van der Waals surface area contributed by atoms with E-state index in [1.807, 2.05) is 36.2 Å². The number of para-hydroxylation sites is 1. The van der Waals surface area contributed by atoms with Crippen LogP contribution in [0.2, 0.25) is 0 Å². The van der Waals surface area contributed by atoms with Gasteiger partial charge in [-0.25, -0.2) is 5.01 Å². The van der Waals surface area contributed by atoms with Crippen molar-refractivity contribution in [2.45, 2.75) is 20.3 Å². The summed E-state index contributed by atoms with van der Waals surface area (Å²) in [5, 5.41) is 3.60. The third-order valence-corrected chi connectivity index (χ3v) is 3.50. The van der Waals surface area contributed by atoms with E-state index in [-0.39, 0.29) is 11.7 Å². The van der Waals surface area contributed by atoms with Crippen LogP contribution < -0.4 is 5.01 Å². The molecule has 2 aliphatic rings. The fraction of sp³-hybridized carbons (Fsp3) is 0.286. The van der Waals surface area contributed by atoms with Crippen LogP contribution in [0.5, 0.6) is 0 Å². The van der Waals surface area contributed by atoms with Crippen LogP contribution in [-0.4, -0.2) is 23.2 Å². The van der Waals surface area contributed by atoms with E-state index < -0.39 is 0 Å². The standard InChI is InChI=1S/C14H14N2O2/c1-9-14(10(2)17)11-5-3-4-6-12(11)15-8-7-13(18)16(9)15/h3-6H,7-8H2,1-2H3. The van der Waals surface area contributed by atoms with Crippen LogP contribution in [0.25, 0.3) is 5.57 Å². The number of carbonyl (C=O) groups excluding carboxylic acids is 2. The van der Waals surface area contributed by atoms with Gasteiger partial charge in [0.15, 0.2) is 5.78 Å². The normalized spacial score (nSPS) is 18.0. The van der Waals surface area contributed by atoms with Crippen LogP contribution in [0, 0.1) is 0 Å². The number of allylic oxidation sites excluding steroid dienone is 2. The number of hydrogen-bond acceptors (Lipinski definition) is 3. The minimum atomic E-state index is -0.000648. The molecule has 3 rings (SSSR count). The highest BCUT2D eigenvalue weighted by Gasteiger charge is 2.37. The van der Waals surface area contributed by atoms with E-state index in [1.165, 1.54) is 0 Å². The molecule has 0 aliphatic carbocycles. The summed E-state index contributed by atoms with van der Waals surface area (Å²) in [5.41, 5.74) is 3.26. The fourth-order valence-electron chi connectivity index (χ4n) is 2.79. The molecule has 4 nitrogen and oxygen atoms in total. The lowest BCUT2D eigenvalue weighted by Gasteiger charge is -2.37. The molecule has 0 spiro atoms. The van der Waals surface area contributed by atoms with Gasteiger partial charge in [-0.3, -0.25) is 14.6 Å². The highest BCUT2D eigenvalue weighted by Crippen LogP contribution is 2.40. The zero-order valence-corrected chi connectivity index (χ0v) is 10.4. The Morgan fingerprint density at radius 3 is 2.72 bits per heavy atom. The minimum absolute atomic E-state index is 0.000648. The summed E-state index contributed by atoms with van der Waals surface area (Å²) >= 11 is 0. The number of benzene rings is 1. The lowest BCUT2D eigenvalue weighted by Crippen LogP contribution is -2.41. The van der Waals surface area contributed by atoms with Crippen LogP contribution in [0.3, 0.4) is 0 Å². The van der Waals surface area contributed by atoms with Gasteiger partial charge in [0.2, 0.25) is 5.91 Å². The quantitative estimate of drug-likeness (QED) is 0.756. The molecule has 0 atom stereocenters. The average molecular weight is 242 g/mol. The van der Waals surface area contributed by atoms with Crippen molar-refractivity contribution >= 4 is 23.0 Å². The number of nitrogens with zero attached hydrogens (tertiary/aromatic N) is 2. The first-order valence-electron chi connectivity index (χ1n) is 6.03. The number of carbonyl (C=O) groups is 2. The lowest BCUT2D eigenvalue weighted by atomic mass is 9.96. The van der Waals surface area contributed by atoms with Crippen LogP contribution in [0.1, 0.15) is 25.8 Å². The van der Waals surface area contributed by atoms with Crippen molar-refractivity contribution in [3.8, 4) is 0 Å². The summed E-state index contributed by atoms with van der Waals surface area (Å²) in [7, 11) is 0. The van der Waals surface area contributed by atoms with Crippen LogP contribution >= 0.6 is 0 Å². The predicted octanol–water partition coefficient (Wildman–Crippen LogP) is 1.97. The van der Waals surface area contributed by atoms with E-state index in [4.69, 9.17) is 0 Å². The fourth-order valence-corrected chi connectivity index (χ4v) is 2.79. The summed E-state index contributed by atoms with van der Waals surface area (Å²) in [6, 6.07) is 7.74. The number of hydrazine groups is 1. The third kappa shape index (κ3) is 1.32.